The zero-order valence-electron chi connectivity index (χ0n) is 19.1. The van der Waals surface area contributed by atoms with Crippen LogP contribution in [-0.4, -0.2) is 23.9 Å². The number of hydrogen-bond donors (Lipinski definition) is 0. The summed E-state index contributed by atoms with van der Waals surface area (Å²) in [7, 11) is -2.11. The van der Waals surface area contributed by atoms with Crippen molar-refractivity contribution in [1.82, 2.24) is 4.90 Å². The lowest BCUT2D eigenvalue weighted by atomic mass is 10.1. The molecule has 3 nitrogen and oxygen atoms in total. The van der Waals surface area contributed by atoms with Gasteiger partial charge in [0.2, 0.25) is 0 Å². The molecule has 0 atom stereocenters. The lowest BCUT2D eigenvalue weighted by molar-refractivity contribution is -0.0000174. The second-order valence-electron chi connectivity index (χ2n) is 8.58. The summed E-state index contributed by atoms with van der Waals surface area (Å²) in [5.74, 6) is 0.890. The Morgan fingerprint density at radius 1 is 0.706 bits per heavy atom. The summed E-state index contributed by atoms with van der Waals surface area (Å²) >= 11 is 0. The number of halogens is 1. The molecule has 0 radical (unpaired) electrons. The monoisotopic (exact) mass is 489 g/mol. The highest BCUT2D eigenvalue weighted by Gasteiger charge is 2.47. The highest BCUT2D eigenvalue weighted by molar-refractivity contribution is 7.95. The van der Waals surface area contributed by atoms with Gasteiger partial charge in [-0.2, -0.15) is 0 Å². The third-order valence-electron chi connectivity index (χ3n) is 6.59. The fraction of sp³-hybridized carbons (Fsp3) is 0.207. The predicted molar refractivity (Wildman–Crippen MR) is 137 cm³/mol. The van der Waals surface area contributed by atoms with Gasteiger partial charge in [0.05, 0.1) is 11.8 Å². The number of piperidine rings is 1. The molecule has 0 spiro atoms. The van der Waals surface area contributed by atoms with Gasteiger partial charge in [-0.1, -0.05) is 54.6 Å². The lowest BCUT2D eigenvalue weighted by Crippen LogP contribution is -3.00. The molecule has 174 valence electrons. The van der Waals surface area contributed by atoms with Crippen molar-refractivity contribution in [2.45, 2.75) is 25.4 Å². The maximum Gasteiger partial charge on any atom is 0.257 e. The standard InChI is InChI=1S/C29H29NO2P.ClH/c31-29(30-20-11-4-12-21-30)27-19-22-32-28(27)23-33(24-13-5-1-6-14-24,25-15-7-2-8-16-25)26-17-9-3-10-18-26;/h1-3,5-10,13-19,22H,4,11-12,20-21,23H2;1H/q+1;/p-1. The van der Waals surface area contributed by atoms with Crippen molar-refractivity contribution in [3.8, 4) is 0 Å². The summed E-state index contributed by atoms with van der Waals surface area (Å²) in [6, 6.07) is 34.1. The van der Waals surface area contributed by atoms with E-state index in [2.05, 4.69) is 91.0 Å². The maximum atomic E-state index is 13.5. The molecule has 0 N–H and O–H groups in total. The molecule has 5 heteroatoms. The summed E-state index contributed by atoms with van der Waals surface area (Å²) in [4.78, 5) is 15.4. The van der Waals surface area contributed by atoms with Crippen molar-refractivity contribution >= 4 is 29.1 Å². The van der Waals surface area contributed by atoms with Gasteiger partial charge < -0.3 is 21.7 Å². The minimum atomic E-state index is -2.11. The van der Waals surface area contributed by atoms with Crippen molar-refractivity contribution in [3.05, 3.63) is 115 Å². The molecule has 3 aromatic carbocycles. The molecule has 1 fully saturated rings. The topological polar surface area (TPSA) is 33.5 Å². The molecule has 0 bridgehead atoms. The molecule has 1 amide bonds. The van der Waals surface area contributed by atoms with Crippen molar-refractivity contribution < 1.29 is 21.6 Å². The van der Waals surface area contributed by atoms with E-state index in [9.17, 15) is 4.79 Å². The van der Waals surface area contributed by atoms with E-state index < -0.39 is 7.26 Å². The lowest BCUT2D eigenvalue weighted by Gasteiger charge is -2.28. The minimum absolute atomic E-state index is 0. The molecular weight excluding hydrogens is 461 g/mol. The van der Waals surface area contributed by atoms with Crippen LogP contribution in [0.5, 0.6) is 0 Å². The van der Waals surface area contributed by atoms with Gasteiger partial charge in [0.25, 0.3) is 5.91 Å². The summed E-state index contributed by atoms with van der Waals surface area (Å²) in [5.41, 5.74) is 0.712. The Balaban J connectivity index is 0.00000274. The van der Waals surface area contributed by atoms with Crippen LogP contribution in [0.3, 0.4) is 0 Å². The van der Waals surface area contributed by atoms with E-state index in [1.165, 1.54) is 22.3 Å². The molecule has 5 rings (SSSR count). The van der Waals surface area contributed by atoms with Crippen LogP contribution in [-0.2, 0) is 6.16 Å². The first-order valence-corrected chi connectivity index (χ1v) is 13.7. The average molecular weight is 490 g/mol. The zero-order chi connectivity index (χ0) is 22.5. The first-order valence-electron chi connectivity index (χ1n) is 11.7. The van der Waals surface area contributed by atoms with Crippen LogP contribution in [0.1, 0.15) is 35.4 Å². The summed E-state index contributed by atoms with van der Waals surface area (Å²) in [6.45, 7) is 1.67. The number of benzene rings is 3. The number of nitrogens with zero attached hydrogens (tertiary/aromatic N) is 1. The summed E-state index contributed by atoms with van der Waals surface area (Å²) in [5, 5.41) is 3.86. The van der Waals surface area contributed by atoms with Crippen LogP contribution in [0.15, 0.2) is 108 Å². The molecule has 2 heterocycles. The fourth-order valence-electron chi connectivity index (χ4n) is 4.90. The predicted octanol–water partition coefficient (Wildman–Crippen LogP) is 2.40. The fourth-order valence-corrected chi connectivity index (χ4v) is 9.07. The van der Waals surface area contributed by atoms with E-state index in [0.29, 0.717) is 11.7 Å². The quantitative estimate of drug-likeness (QED) is 0.390. The number of likely N-dealkylation sites (tertiary alicyclic amines) is 1. The van der Waals surface area contributed by atoms with E-state index in [1.807, 2.05) is 11.0 Å². The van der Waals surface area contributed by atoms with Crippen molar-refractivity contribution in [2.24, 2.45) is 0 Å². The zero-order valence-corrected chi connectivity index (χ0v) is 20.8. The highest BCUT2D eigenvalue weighted by Crippen LogP contribution is 2.58. The molecule has 0 saturated carbocycles. The third-order valence-corrected chi connectivity index (χ3v) is 10.9. The number of hydrogen-bond acceptors (Lipinski definition) is 2. The van der Waals surface area contributed by atoms with Gasteiger partial charge in [-0.15, -0.1) is 0 Å². The molecular formula is C29H29ClNO2P. The van der Waals surface area contributed by atoms with Crippen LogP contribution >= 0.6 is 7.26 Å². The Labute approximate surface area is 208 Å². The molecule has 0 unspecified atom stereocenters. The van der Waals surface area contributed by atoms with E-state index >= 15 is 0 Å². The molecule has 0 aliphatic carbocycles. The van der Waals surface area contributed by atoms with Crippen molar-refractivity contribution in [2.75, 3.05) is 13.1 Å². The number of carbonyl (C=O) groups is 1. The minimum Gasteiger partial charge on any atom is -1.00 e. The Kier molecular flexibility index (Phi) is 7.88. The molecule has 1 saturated heterocycles. The van der Waals surface area contributed by atoms with Gasteiger partial charge in [-0.05, 0) is 61.7 Å². The van der Waals surface area contributed by atoms with Crippen LogP contribution in [0.2, 0.25) is 0 Å². The first kappa shape index (κ1) is 24.3. The first-order chi connectivity index (χ1) is 16.3. The van der Waals surface area contributed by atoms with Crippen LogP contribution in [0.25, 0.3) is 0 Å². The third kappa shape index (κ3) is 4.69. The van der Waals surface area contributed by atoms with Crippen molar-refractivity contribution in [3.63, 3.8) is 0 Å². The van der Waals surface area contributed by atoms with Gasteiger partial charge >= 0.3 is 0 Å². The smallest absolute Gasteiger partial charge is 0.257 e. The molecule has 1 aliphatic heterocycles. The van der Waals surface area contributed by atoms with Crippen LogP contribution in [0, 0.1) is 0 Å². The normalized spacial score (nSPS) is 13.8. The van der Waals surface area contributed by atoms with Crippen molar-refractivity contribution in [1.29, 1.82) is 0 Å². The van der Waals surface area contributed by atoms with Gasteiger partial charge in [0.1, 0.15) is 29.3 Å². The molecule has 4 aromatic rings. The van der Waals surface area contributed by atoms with Gasteiger partial charge in [-0.3, -0.25) is 4.79 Å². The summed E-state index contributed by atoms with van der Waals surface area (Å²) < 4.78 is 6.08. The summed E-state index contributed by atoms with van der Waals surface area (Å²) in [6.07, 6.45) is 5.71. The number of furan rings is 1. The largest absolute Gasteiger partial charge is 1.00 e. The Hall–Kier alpha value is -2.87. The second kappa shape index (κ2) is 11.0. The van der Waals surface area contributed by atoms with Crippen LogP contribution < -0.4 is 28.3 Å². The highest BCUT2D eigenvalue weighted by atomic mass is 35.5. The number of rotatable bonds is 6. The average Bonchev–Trinajstić information content (AvgIpc) is 3.37. The molecule has 1 aromatic heterocycles. The SMILES string of the molecule is O=C(c1ccoc1C[P+](c1ccccc1)(c1ccccc1)c1ccccc1)N1CCCCC1.[Cl-]. The molecule has 1 aliphatic rings. The van der Waals surface area contributed by atoms with Gasteiger partial charge in [-0.25, -0.2) is 0 Å². The van der Waals surface area contributed by atoms with Crippen LogP contribution in [0.4, 0.5) is 0 Å². The maximum absolute atomic E-state index is 13.5. The second-order valence-corrected chi connectivity index (χ2v) is 12.1. The van der Waals surface area contributed by atoms with E-state index in [4.69, 9.17) is 4.42 Å². The number of carbonyl (C=O) groups excluding carboxylic acids is 1. The van der Waals surface area contributed by atoms with E-state index in [1.54, 1.807) is 6.26 Å². The number of amides is 1. The Morgan fingerprint density at radius 2 is 1.18 bits per heavy atom. The van der Waals surface area contributed by atoms with Gasteiger partial charge in [0, 0.05) is 13.1 Å². The Bertz CT molecular complexity index is 1090. The van der Waals surface area contributed by atoms with E-state index in [-0.39, 0.29) is 18.3 Å². The molecule has 34 heavy (non-hydrogen) atoms. The van der Waals surface area contributed by atoms with E-state index in [0.717, 1.165) is 31.7 Å². The van der Waals surface area contributed by atoms with Gasteiger partial charge in [0.15, 0.2) is 5.76 Å². The Morgan fingerprint density at radius 3 is 1.65 bits per heavy atom.